The van der Waals surface area contributed by atoms with Gasteiger partial charge in [-0.1, -0.05) is 12.1 Å². The molecule has 110 valence electrons. The third-order valence-corrected chi connectivity index (χ3v) is 4.73. The van der Waals surface area contributed by atoms with Crippen molar-refractivity contribution in [3.63, 3.8) is 0 Å². The van der Waals surface area contributed by atoms with Crippen LogP contribution in [0, 0.1) is 5.92 Å². The molecule has 1 aliphatic heterocycles. The smallest absolute Gasteiger partial charge is 0.0589 e. The van der Waals surface area contributed by atoms with E-state index in [0.717, 1.165) is 32.2 Å². The largest absolute Gasteiger partial charge is 0.384 e. The number of benzene rings is 1. The third kappa shape index (κ3) is 3.15. The molecular formula is C17H26N2O. The summed E-state index contributed by atoms with van der Waals surface area (Å²) in [6.45, 7) is 6.37. The lowest BCUT2D eigenvalue weighted by Crippen LogP contribution is -2.36. The highest BCUT2D eigenvalue weighted by atomic mass is 16.5. The second kappa shape index (κ2) is 6.15. The molecule has 0 aromatic heterocycles. The van der Waals surface area contributed by atoms with Gasteiger partial charge in [-0.05, 0) is 49.3 Å². The van der Waals surface area contributed by atoms with E-state index in [0.29, 0.717) is 6.04 Å². The lowest BCUT2D eigenvalue weighted by Gasteiger charge is -2.29. The normalized spacial score (nSPS) is 18.9. The van der Waals surface area contributed by atoms with E-state index in [-0.39, 0.29) is 0 Å². The summed E-state index contributed by atoms with van der Waals surface area (Å²) in [6, 6.07) is 7.58. The highest BCUT2D eigenvalue weighted by Gasteiger charge is 2.31. The second-order valence-corrected chi connectivity index (χ2v) is 6.21. The summed E-state index contributed by atoms with van der Waals surface area (Å²) in [7, 11) is 1.79. The van der Waals surface area contributed by atoms with Crippen LogP contribution in [-0.2, 0) is 17.7 Å². The van der Waals surface area contributed by atoms with Crippen LogP contribution in [0.5, 0.6) is 0 Å². The van der Waals surface area contributed by atoms with Crippen LogP contribution in [0.1, 0.15) is 30.9 Å². The minimum absolute atomic E-state index is 0.677. The predicted octanol–water partition coefficient (Wildman–Crippen LogP) is 2.90. The SMILES string of the molecule is COCCN(Cc1ccc2c(c1)CCN2)C(C)C1CC1. The lowest BCUT2D eigenvalue weighted by molar-refractivity contribution is 0.111. The van der Waals surface area contributed by atoms with Crippen LogP contribution in [0.25, 0.3) is 0 Å². The van der Waals surface area contributed by atoms with Crippen molar-refractivity contribution in [2.24, 2.45) is 5.92 Å². The number of nitrogens with one attached hydrogen (secondary N) is 1. The Labute approximate surface area is 122 Å². The summed E-state index contributed by atoms with van der Waals surface area (Å²) in [5, 5.41) is 3.43. The van der Waals surface area contributed by atoms with Gasteiger partial charge in [0.2, 0.25) is 0 Å². The monoisotopic (exact) mass is 274 g/mol. The molecule has 0 saturated heterocycles. The molecule has 1 aromatic carbocycles. The van der Waals surface area contributed by atoms with Crippen LogP contribution < -0.4 is 5.32 Å². The van der Waals surface area contributed by atoms with Gasteiger partial charge in [0.25, 0.3) is 0 Å². The molecule has 0 bridgehead atoms. The molecule has 1 heterocycles. The Kier molecular flexibility index (Phi) is 4.27. The summed E-state index contributed by atoms with van der Waals surface area (Å²) in [5.74, 6) is 0.906. The van der Waals surface area contributed by atoms with Crippen molar-refractivity contribution in [2.45, 2.75) is 38.8 Å². The molecule has 1 unspecified atom stereocenters. The third-order valence-electron chi connectivity index (χ3n) is 4.73. The van der Waals surface area contributed by atoms with Gasteiger partial charge in [-0.3, -0.25) is 4.90 Å². The van der Waals surface area contributed by atoms with Crippen LogP contribution in [0.2, 0.25) is 0 Å². The van der Waals surface area contributed by atoms with Crippen LogP contribution in [0.15, 0.2) is 18.2 Å². The molecule has 3 nitrogen and oxygen atoms in total. The summed E-state index contributed by atoms with van der Waals surface area (Å²) >= 11 is 0. The van der Waals surface area contributed by atoms with Gasteiger partial charge < -0.3 is 10.1 Å². The molecule has 0 amide bonds. The molecule has 0 radical (unpaired) electrons. The minimum atomic E-state index is 0.677. The van der Waals surface area contributed by atoms with Gasteiger partial charge in [0, 0.05) is 38.5 Å². The molecule has 1 N–H and O–H groups in total. The lowest BCUT2D eigenvalue weighted by atomic mass is 10.1. The summed E-state index contributed by atoms with van der Waals surface area (Å²) in [4.78, 5) is 2.59. The van der Waals surface area contributed by atoms with E-state index < -0.39 is 0 Å². The fourth-order valence-electron chi connectivity index (χ4n) is 3.20. The van der Waals surface area contributed by atoms with Crippen molar-refractivity contribution in [3.05, 3.63) is 29.3 Å². The minimum Gasteiger partial charge on any atom is -0.384 e. The van der Waals surface area contributed by atoms with Crippen molar-refractivity contribution in [2.75, 3.05) is 32.1 Å². The van der Waals surface area contributed by atoms with Gasteiger partial charge >= 0.3 is 0 Å². The highest BCUT2D eigenvalue weighted by molar-refractivity contribution is 5.56. The molecule has 1 aromatic rings. The zero-order valence-electron chi connectivity index (χ0n) is 12.7. The van der Waals surface area contributed by atoms with Gasteiger partial charge in [-0.25, -0.2) is 0 Å². The average molecular weight is 274 g/mol. The molecular weight excluding hydrogens is 248 g/mol. The summed E-state index contributed by atoms with van der Waals surface area (Å²) < 4.78 is 5.28. The van der Waals surface area contributed by atoms with E-state index in [4.69, 9.17) is 4.74 Å². The van der Waals surface area contributed by atoms with Crippen LogP contribution in [-0.4, -0.2) is 37.7 Å². The topological polar surface area (TPSA) is 24.5 Å². The maximum absolute atomic E-state index is 5.28. The van der Waals surface area contributed by atoms with E-state index in [1.54, 1.807) is 7.11 Å². The number of nitrogens with zero attached hydrogens (tertiary/aromatic N) is 1. The zero-order valence-corrected chi connectivity index (χ0v) is 12.7. The molecule has 2 aliphatic rings. The van der Waals surface area contributed by atoms with Gasteiger partial charge in [-0.2, -0.15) is 0 Å². The Morgan fingerprint density at radius 3 is 3.00 bits per heavy atom. The van der Waals surface area contributed by atoms with Crippen molar-refractivity contribution in [1.82, 2.24) is 4.90 Å². The molecule has 1 saturated carbocycles. The zero-order chi connectivity index (χ0) is 13.9. The van der Waals surface area contributed by atoms with Gasteiger partial charge in [0.05, 0.1) is 6.61 Å². The van der Waals surface area contributed by atoms with Crippen LogP contribution >= 0.6 is 0 Å². The van der Waals surface area contributed by atoms with E-state index in [1.807, 2.05) is 0 Å². The highest BCUT2D eigenvalue weighted by Crippen LogP contribution is 2.35. The van der Waals surface area contributed by atoms with Crippen molar-refractivity contribution in [3.8, 4) is 0 Å². The first-order valence-electron chi connectivity index (χ1n) is 7.86. The van der Waals surface area contributed by atoms with E-state index >= 15 is 0 Å². The molecule has 1 atom stereocenters. The maximum Gasteiger partial charge on any atom is 0.0589 e. The van der Waals surface area contributed by atoms with E-state index in [1.165, 1.54) is 36.1 Å². The first-order valence-corrected chi connectivity index (χ1v) is 7.86. The van der Waals surface area contributed by atoms with Crippen molar-refractivity contribution in [1.29, 1.82) is 0 Å². The standard InChI is InChI=1S/C17H26N2O/c1-13(15-4-5-15)19(9-10-20-2)12-14-3-6-17-16(11-14)7-8-18-17/h3,6,11,13,15,18H,4-5,7-10,12H2,1-2H3. The molecule has 1 aliphatic carbocycles. The number of hydrogen-bond donors (Lipinski definition) is 1. The Bertz CT molecular complexity index is 456. The van der Waals surface area contributed by atoms with Crippen LogP contribution in [0.3, 0.4) is 0 Å². The van der Waals surface area contributed by atoms with E-state index in [9.17, 15) is 0 Å². The quantitative estimate of drug-likeness (QED) is 0.827. The molecule has 0 spiro atoms. The first-order chi connectivity index (χ1) is 9.78. The molecule has 1 fully saturated rings. The Morgan fingerprint density at radius 2 is 2.25 bits per heavy atom. The van der Waals surface area contributed by atoms with Crippen molar-refractivity contribution >= 4 is 5.69 Å². The number of rotatable bonds is 7. The predicted molar refractivity (Wildman–Crippen MR) is 83.1 cm³/mol. The first kappa shape index (κ1) is 13.9. The van der Waals surface area contributed by atoms with Gasteiger partial charge in [0.15, 0.2) is 0 Å². The van der Waals surface area contributed by atoms with Crippen LogP contribution in [0.4, 0.5) is 5.69 Å². The average Bonchev–Trinajstić information content (AvgIpc) is 3.21. The summed E-state index contributed by atoms with van der Waals surface area (Å²) in [6.07, 6.45) is 3.97. The van der Waals surface area contributed by atoms with Gasteiger partial charge in [-0.15, -0.1) is 0 Å². The van der Waals surface area contributed by atoms with Gasteiger partial charge in [0.1, 0.15) is 0 Å². The number of hydrogen-bond acceptors (Lipinski definition) is 3. The maximum atomic E-state index is 5.28. The Hall–Kier alpha value is -1.06. The number of anilines is 1. The Balaban J connectivity index is 1.68. The number of fused-ring (bicyclic) bond motifs is 1. The van der Waals surface area contributed by atoms with Crippen molar-refractivity contribution < 1.29 is 4.74 Å². The number of methoxy groups -OCH3 is 1. The second-order valence-electron chi connectivity index (χ2n) is 6.21. The molecule has 3 heteroatoms. The fourth-order valence-corrected chi connectivity index (χ4v) is 3.20. The Morgan fingerprint density at radius 1 is 1.40 bits per heavy atom. The van der Waals surface area contributed by atoms with E-state index in [2.05, 4.69) is 35.3 Å². The molecule has 3 rings (SSSR count). The molecule has 20 heavy (non-hydrogen) atoms. The summed E-state index contributed by atoms with van der Waals surface area (Å²) in [5.41, 5.74) is 4.25. The fraction of sp³-hybridized carbons (Fsp3) is 0.647. The number of ether oxygens (including phenoxy) is 1.